The van der Waals surface area contributed by atoms with E-state index < -0.39 is 29.7 Å². The molecule has 0 spiro atoms. The van der Waals surface area contributed by atoms with E-state index in [0.717, 1.165) is 6.07 Å². The van der Waals surface area contributed by atoms with Crippen molar-refractivity contribution in [2.75, 3.05) is 0 Å². The number of halogens is 8. The third kappa shape index (κ3) is 8.21. The molecule has 0 amide bonds. The minimum atomic E-state index is -5.08. The number of nitrogens with zero attached hydrogens (tertiary/aromatic N) is 1. The molecule has 0 bridgehead atoms. The van der Waals surface area contributed by atoms with Crippen molar-refractivity contribution in [1.82, 2.24) is 4.98 Å². The number of benzene rings is 1. The van der Waals surface area contributed by atoms with E-state index in [0.29, 0.717) is 12.3 Å². The minimum absolute atomic E-state index is 0. The molecule has 4 nitrogen and oxygen atoms in total. The molecular formula is C14H8ClF7IrNO3-. The van der Waals surface area contributed by atoms with Crippen LogP contribution in [-0.2, 0) is 31.1 Å². The van der Waals surface area contributed by atoms with Crippen molar-refractivity contribution in [2.24, 2.45) is 0 Å². The van der Waals surface area contributed by atoms with Crippen LogP contribution in [0.3, 0.4) is 0 Å². The maximum atomic E-state index is 13.4. The fourth-order valence-electron chi connectivity index (χ4n) is 1.37. The van der Waals surface area contributed by atoms with E-state index in [4.69, 9.17) is 21.5 Å². The fraction of sp³-hybridized carbons (Fsp3) is 0.143. The number of hydrogen-bond acceptors (Lipinski definition) is 2. The number of carboxylic acids is 1. The first-order valence-corrected chi connectivity index (χ1v) is 6.41. The Morgan fingerprint density at radius 1 is 1.19 bits per heavy atom. The first-order valence-electron chi connectivity index (χ1n) is 6.03. The van der Waals surface area contributed by atoms with E-state index in [1.54, 1.807) is 0 Å². The van der Waals surface area contributed by atoms with Crippen molar-refractivity contribution in [1.29, 1.82) is 0 Å². The molecule has 3 N–H and O–H groups in total. The Labute approximate surface area is 165 Å². The topological polar surface area (TPSA) is 81.7 Å². The second-order valence-corrected chi connectivity index (χ2v) is 4.66. The van der Waals surface area contributed by atoms with Gasteiger partial charge in [-0.05, 0) is 6.07 Å². The Hall–Kier alpha value is -1.75. The SMILES string of the molecule is Fc1ccc[c-]c1-c1ncc(C(F)(F)F)cc1Cl.O.O=C(O)C(F)(F)F.[Ir]. The van der Waals surface area contributed by atoms with Crippen LogP contribution in [0.4, 0.5) is 30.7 Å². The van der Waals surface area contributed by atoms with Crippen molar-refractivity contribution >= 4 is 17.6 Å². The summed E-state index contributed by atoms with van der Waals surface area (Å²) >= 11 is 5.69. The van der Waals surface area contributed by atoms with Crippen LogP contribution < -0.4 is 0 Å². The predicted octanol–water partition coefficient (Wildman–Crippen LogP) is 4.17. The number of pyridine rings is 1. The second-order valence-electron chi connectivity index (χ2n) is 4.25. The number of carbonyl (C=O) groups is 1. The van der Waals surface area contributed by atoms with Crippen molar-refractivity contribution in [3.63, 3.8) is 0 Å². The van der Waals surface area contributed by atoms with Gasteiger partial charge in [-0.1, -0.05) is 17.2 Å². The van der Waals surface area contributed by atoms with Gasteiger partial charge in [-0.15, -0.1) is 24.3 Å². The summed E-state index contributed by atoms with van der Waals surface area (Å²) in [5, 5.41) is 6.85. The van der Waals surface area contributed by atoms with Gasteiger partial charge in [0.05, 0.1) is 5.56 Å². The smallest absolute Gasteiger partial charge is 0.475 e. The van der Waals surface area contributed by atoms with Gasteiger partial charge in [-0.25, -0.2) is 4.79 Å². The van der Waals surface area contributed by atoms with Gasteiger partial charge in [0, 0.05) is 42.8 Å². The molecule has 1 radical (unpaired) electrons. The number of aliphatic carboxylic acids is 1. The maximum absolute atomic E-state index is 13.4. The van der Waals surface area contributed by atoms with Gasteiger partial charge in [0.25, 0.3) is 0 Å². The van der Waals surface area contributed by atoms with Crippen LogP contribution in [0, 0.1) is 11.9 Å². The summed E-state index contributed by atoms with van der Waals surface area (Å²) in [7, 11) is 0. The molecule has 1 aromatic heterocycles. The number of aromatic nitrogens is 1. The van der Waals surface area contributed by atoms with Gasteiger partial charge in [-0.3, -0.25) is 4.39 Å². The molecule has 0 fully saturated rings. The predicted molar refractivity (Wildman–Crippen MR) is 75.8 cm³/mol. The van der Waals surface area contributed by atoms with E-state index >= 15 is 0 Å². The zero-order chi connectivity index (χ0) is 19.4. The van der Waals surface area contributed by atoms with Crippen LogP contribution >= 0.6 is 11.6 Å². The third-order valence-electron chi connectivity index (χ3n) is 2.45. The molecular weight excluding hydrogens is 591 g/mol. The van der Waals surface area contributed by atoms with Gasteiger partial charge in [-0.2, -0.15) is 26.3 Å². The van der Waals surface area contributed by atoms with Gasteiger partial charge >= 0.3 is 18.3 Å². The second kappa shape index (κ2) is 10.5. The minimum Gasteiger partial charge on any atom is -0.475 e. The normalized spacial score (nSPS) is 10.7. The molecule has 0 aliphatic carbocycles. The number of rotatable bonds is 1. The van der Waals surface area contributed by atoms with E-state index in [9.17, 15) is 30.7 Å². The van der Waals surface area contributed by atoms with Crippen LogP contribution in [0.1, 0.15) is 5.56 Å². The van der Waals surface area contributed by atoms with Crippen LogP contribution in [0.2, 0.25) is 5.02 Å². The molecule has 1 aromatic carbocycles. The van der Waals surface area contributed by atoms with Gasteiger partial charge in [0.15, 0.2) is 0 Å². The van der Waals surface area contributed by atoms with Crippen molar-refractivity contribution in [3.05, 3.63) is 52.9 Å². The standard InChI is InChI=1S/C12H5ClF4N.C2HF3O2.Ir.H2O/c13-9-5-7(12(15,16)17)6-18-11(9)8-3-1-2-4-10(8)14;3-2(4,5)1(6)7;;/h1-2,4-6H;(H,6,7);;1H2/q-1;;;. The summed E-state index contributed by atoms with van der Waals surface area (Å²) < 4.78 is 82.4. The van der Waals surface area contributed by atoms with Crippen LogP contribution in [0.15, 0.2) is 30.5 Å². The Bertz CT molecular complexity index is 769. The summed E-state index contributed by atoms with van der Waals surface area (Å²) in [5.41, 5.74) is -1.11. The molecule has 0 aliphatic rings. The monoisotopic (exact) mass is 599 g/mol. The van der Waals surface area contributed by atoms with Crippen LogP contribution in [0.25, 0.3) is 11.3 Å². The fourth-order valence-corrected chi connectivity index (χ4v) is 1.64. The summed E-state index contributed by atoms with van der Waals surface area (Å²) in [6.45, 7) is 0. The average molecular weight is 599 g/mol. The van der Waals surface area contributed by atoms with Crippen LogP contribution in [-0.4, -0.2) is 27.7 Å². The van der Waals surface area contributed by atoms with Crippen molar-refractivity contribution in [3.8, 4) is 11.3 Å². The molecule has 0 saturated carbocycles. The molecule has 0 aliphatic heterocycles. The number of hydrogen-bond donors (Lipinski definition) is 1. The number of carboxylic acid groups (broad SMARTS) is 1. The first-order chi connectivity index (χ1) is 11.3. The van der Waals surface area contributed by atoms with E-state index in [-0.39, 0.29) is 41.9 Å². The van der Waals surface area contributed by atoms with Gasteiger partial charge in [0.2, 0.25) is 0 Å². The van der Waals surface area contributed by atoms with Crippen molar-refractivity contribution in [2.45, 2.75) is 12.4 Å². The van der Waals surface area contributed by atoms with Crippen LogP contribution in [0.5, 0.6) is 0 Å². The third-order valence-corrected chi connectivity index (χ3v) is 2.74. The Balaban J connectivity index is 0. The summed E-state index contributed by atoms with van der Waals surface area (Å²) in [4.78, 5) is 12.4. The van der Waals surface area contributed by atoms with Crippen molar-refractivity contribution < 1.29 is 66.2 Å². The maximum Gasteiger partial charge on any atom is 0.490 e. The molecule has 1 heterocycles. The molecule has 0 unspecified atom stereocenters. The zero-order valence-corrected chi connectivity index (χ0v) is 15.7. The van der Waals surface area contributed by atoms with Gasteiger partial charge < -0.3 is 15.6 Å². The molecule has 153 valence electrons. The molecule has 13 heteroatoms. The molecule has 27 heavy (non-hydrogen) atoms. The molecule has 2 rings (SSSR count). The summed E-state index contributed by atoms with van der Waals surface area (Å²) in [5.74, 6) is -3.40. The van der Waals surface area contributed by atoms with E-state index in [1.165, 1.54) is 12.1 Å². The quantitative estimate of drug-likeness (QED) is 0.395. The number of alkyl halides is 6. The largest absolute Gasteiger partial charge is 0.490 e. The Kier molecular flexibility index (Phi) is 10.7. The zero-order valence-electron chi connectivity index (χ0n) is 12.5. The summed E-state index contributed by atoms with van der Waals surface area (Å²) in [6, 6.07) is 7.25. The van der Waals surface area contributed by atoms with E-state index in [1.807, 2.05) is 0 Å². The molecule has 0 saturated heterocycles. The molecule has 0 atom stereocenters. The Morgan fingerprint density at radius 2 is 1.70 bits per heavy atom. The summed E-state index contributed by atoms with van der Waals surface area (Å²) in [6.07, 6.45) is -9.00. The molecule has 2 aromatic rings. The average Bonchev–Trinajstić information content (AvgIpc) is 2.47. The van der Waals surface area contributed by atoms with Gasteiger partial charge in [0.1, 0.15) is 0 Å². The Morgan fingerprint density at radius 3 is 2.07 bits per heavy atom. The van der Waals surface area contributed by atoms with E-state index in [2.05, 4.69) is 11.1 Å². The first kappa shape index (κ1) is 27.5.